The zero-order valence-corrected chi connectivity index (χ0v) is 13.3. The van der Waals surface area contributed by atoms with E-state index in [0.717, 1.165) is 18.6 Å². The van der Waals surface area contributed by atoms with Crippen LogP contribution in [-0.2, 0) is 9.84 Å². The van der Waals surface area contributed by atoms with Gasteiger partial charge in [0.05, 0.1) is 17.6 Å². The van der Waals surface area contributed by atoms with E-state index in [1.54, 1.807) is 0 Å². The summed E-state index contributed by atoms with van der Waals surface area (Å²) in [4.78, 5) is 1.89. The van der Waals surface area contributed by atoms with Crippen LogP contribution in [0.4, 0.5) is 8.78 Å². The molecule has 0 aliphatic carbocycles. The van der Waals surface area contributed by atoms with Crippen molar-refractivity contribution in [2.75, 3.05) is 24.6 Å². The monoisotopic (exact) mass is 333 g/mol. The fourth-order valence-corrected chi connectivity index (χ4v) is 4.63. The Morgan fingerprint density at radius 2 is 2.14 bits per heavy atom. The molecule has 1 aliphatic rings. The van der Waals surface area contributed by atoms with Crippen molar-refractivity contribution in [2.45, 2.75) is 31.9 Å². The minimum Gasteiger partial charge on any atom is -0.387 e. The zero-order chi connectivity index (χ0) is 16.3. The molecule has 0 bridgehead atoms. The van der Waals surface area contributed by atoms with Crippen molar-refractivity contribution < 1.29 is 22.3 Å². The lowest BCUT2D eigenvalue weighted by Gasteiger charge is -2.30. The van der Waals surface area contributed by atoms with Crippen LogP contribution < -0.4 is 0 Å². The van der Waals surface area contributed by atoms with Crippen LogP contribution in [0.15, 0.2) is 18.2 Å². The van der Waals surface area contributed by atoms with Gasteiger partial charge in [0.25, 0.3) is 0 Å². The van der Waals surface area contributed by atoms with E-state index in [-0.39, 0.29) is 29.7 Å². The standard InChI is InChI=1S/C15H21F2NO3S/c1-2-6-18(12-5-7-22(20,21)10-12)9-15(19)13-4-3-11(16)8-14(13)17/h3-4,8,12,15,19H,2,5-7,9-10H2,1H3. The van der Waals surface area contributed by atoms with E-state index >= 15 is 0 Å². The van der Waals surface area contributed by atoms with E-state index in [2.05, 4.69) is 0 Å². The molecule has 0 radical (unpaired) electrons. The first-order valence-electron chi connectivity index (χ1n) is 7.40. The Labute approximate surface area is 129 Å². The van der Waals surface area contributed by atoms with Crippen molar-refractivity contribution in [3.63, 3.8) is 0 Å². The van der Waals surface area contributed by atoms with E-state index in [1.165, 1.54) is 6.07 Å². The molecule has 7 heteroatoms. The number of sulfone groups is 1. The molecule has 1 aromatic rings. The second-order valence-electron chi connectivity index (χ2n) is 5.73. The fourth-order valence-electron chi connectivity index (χ4n) is 2.87. The molecule has 2 atom stereocenters. The number of hydrogen-bond donors (Lipinski definition) is 1. The maximum absolute atomic E-state index is 13.7. The van der Waals surface area contributed by atoms with Gasteiger partial charge in [-0.2, -0.15) is 0 Å². The first-order valence-corrected chi connectivity index (χ1v) is 9.22. The molecule has 0 spiro atoms. The van der Waals surface area contributed by atoms with Gasteiger partial charge in [-0.3, -0.25) is 4.90 Å². The first kappa shape index (κ1) is 17.3. The quantitative estimate of drug-likeness (QED) is 0.864. The average Bonchev–Trinajstić information content (AvgIpc) is 2.78. The Hall–Kier alpha value is -1.05. The highest BCUT2D eigenvalue weighted by Crippen LogP contribution is 2.23. The Kier molecular flexibility index (Phi) is 5.52. The predicted molar refractivity (Wildman–Crippen MR) is 80.2 cm³/mol. The fraction of sp³-hybridized carbons (Fsp3) is 0.600. The van der Waals surface area contributed by atoms with E-state index < -0.39 is 27.6 Å². The lowest BCUT2D eigenvalue weighted by Crippen LogP contribution is -2.39. The molecule has 1 aromatic carbocycles. The third-order valence-corrected chi connectivity index (χ3v) is 5.71. The number of aliphatic hydroxyl groups is 1. The van der Waals surface area contributed by atoms with Crippen LogP contribution in [0.1, 0.15) is 31.4 Å². The second kappa shape index (κ2) is 7.02. The van der Waals surface area contributed by atoms with Crippen LogP contribution in [0.3, 0.4) is 0 Å². The summed E-state index contributed by atoms with van der Waals surface area (Å²) >= 11 is 0. The molecule has 0 saturated carbocycles. The van der Waals surface area contributed by atoms with E-state index in [4.69, 9.17) is 0 Å². The van der Waals surface area contributed by atoms with Crippen molar-refractivity contribution in [1.82, 2.24) is 4.90 Å². The normalized spacial score (nSPS) is 22.1. The minimum absolute atomic E-state index is 0.0309. The molecule has 22 heavy (non-hydrogen) atoms. The smallest absolute Gasteiger partial charge is 0.151 e. The molecule has 124 valence electrons. The molecule has 0 aromatic heterocycles. The summed E-state index contributed by atoms with van der Waals surface area (Å²) in [5, 5.41) is 10.2. The molecule has 0 amide bonds. The van der Waals surface area contributed by atoms with Gasteiger partial charge in [0.15, 0.2) is 9.84 Å². The van der Waals surface area contributed by atoms with Gasteiger partial charge in [0, 0.05) is 24.2 Å². The second-order valence-corrected chi connectivity index (χ2v) is 7.96. The van der Waals surface area contributed by atoms with Gasteiger partial charge in [-0.25, -0.2) is 17.2 Å². The lowest BCUT2D eigenvalue weighted by atomic mass is 10.1. The zero-order valence-electron chi connectivity index (χ0n) is 12.5. The third-order valence-electron chi connectivity index (χ3n) is 3.96. The molecule has 1 N–H and O–H groups in total. The molecule has 2 rings (SSSR count). The van der Waals surface area contributed by atoms with Crippen molar-refractivity contribution in [1.29, 1.82) is 0 Å². The van der Waals surface area contributed by atoms with E-state index in [0.29, 0.717) is 13.0 Å². The van der Waals surface area contributed by atoms with Crippen LogP contribution in [-0.4, -0.2) is 49.1 Å². The molecule has 1 heterocycles. The lowest BCUT2D eigenvalue weighted by molar-refractivity contribution is 0.0901. The maximum Gasteiger partial charge on any atom is 0.151 e. The van der Waals surface area contributed by atoms with E-state index in [9.17, 15) is 22.3 Å². The van der Waals surface area contributed by atoms with Crippen molar-refractivity contribution >= 4 is 9.84 Å². The largest absolute Gasteiger partial charge is 0.387 e. The summed E-state index contributed by atoms with van der Waals surface area (Å²) in [6.07, 6.45) is 0.214. The topological polar surface area (TPSA) is 57.6 Å². The predicted octanol–water partition coefficient (Wildman–Crippen LogP) is 1.90. The Morgan fingerprint density at radius 1 is 1.41 bits per heavy atom. The van der Waals surface area contributed by atoms with Gasteiger partial charge in [-0.05, 0) is 25.5 Å². The van der Waals surface area contributed by atoms with Crippen LogP contribution >= 0.6 is 0 Å². The molecular weight excluding hydrogens is 312 g/mol. The summed E-state index contributed by atoms with van der Waals surface area (Å²) in [5.74, 6) is -1.26. The molecule has 1 aliphatic heterocycles. The minimum atomic E-state index is -3.02. The van der Waals surface area contributed by atoms with Gasteiger partial charge in [-0.1, -0.05) is 13.0 Å². The van der Waals surface area contributed by atoms with Crippen LogP contribution in [0, 0.1) is 11.6 Å². The number of nitrogens with zero attached hydrogens (tertiary/aromatic N) is 1. The highest BCUT2D eigenvalue weighted by Gasteiger charge is 2.33. The van der Waals surface area contributed by atoms with Crippen molar-refractivity contribution in [3.05, 3.63) is 35.4 Å². The van der Waals surface area contributed by atoms with Gasteiger partial charge in [0.2, 0.25) is 0 Å². The molecule has 1 fully saturated rings. The van der Waals surface area contributed by atoms with Crippen molar-refractivity contribution in [2.24, 2.45) is 0 Å². The summed E-state index contributed by atoms with van der Waals surface area (Å²) in [6, 6.07) is 2.92. The highest BCUT2D eigenvalue weighted by atomic mass is 32.2. The van der Waals surface area contributed by atoms with Crippen LogP contribution in [0.2, 0.25) is 0 Å². The summed E-state index contributed by atoms with van der Waals surface area (Å²) in [6.45, 7) is 2.72. The number of rotatable bonds is 6. The molecule has 2 unspecified atom stereocenters. The maximum atomic E-state index is 13.7. The van der Waals surface area contributed by atoms with Gasteiger partial charge < -0.3 is 5.11 Å². The molecular formula is C15H21F2NO3S. The summed E-state index contributed by atoms with van der Waals surface area (Å²) in [7, 11) is -3.02. The Bertz CT molecular complexity index is 621. The Balaban J connectivity index is 2.10. The van der Waals surface area contributed by atoms with Gasteiger partial charge in [-0.15, -0.1) is 0 Å². The number of benzene rings is 1. The summed E-state index contributed by atoms with van der Waals surface area (Å²) in [5.41, 5.74) is 0.0309. The van der Waals surface area contributed by atoms with Gasteiger partial charge >= 0.3 is 0 Å². The Morgan fingerprint density at radius 3 is 2.68 bits per heavy atom. The van der Waals surface area contributed by atoms with Crippen LogP contribution in [0.25, 0.3) is 0 Å². The summed E-state index contributed by atoms with van der Waals surface area (Å²) < 4.78 is 49.9. The van der Waals surface area contributed by atoms with Crippen LogP contribution in [0.5, 0.6) is 0 Å². The number of hydrogen-bond acceptors (Lipinski definition) is 4. The highest BCUT2D eigenvalue weighted by molar-refractivity contribution is 7.91. The molecule has 4 nitrogen and oxygen atoms in total. The number of aliphatic hydroxyl groups excluding tert-OH is 1. The molecule has 1 saturated heterocycles. The van der Waals surface area contributed by atoms with Gasteiger partial charge in [0.1, 0.15) is 11.6 Å². The number of halogens is 2. The average molecular weight is 333 g/mol. The van der Waals surface area contributed by atoms with E-state index in [1.807, 2.05) is 11.8 Å². The van der Waals surface area contributed by atoms with Crippen molar-refractivity contribution in [3.8, 4) is 0 Å². The first-order chi connectivity index (χ1) is 10.3. The third kappa shape index (κ3) is 4.24. The SMILES string of the molecule is CCCN(CC(O)c1ccc(F)cc1F)C1CCS(=O)(=O)C1.